The van der Waals surface area contributed by atoms with Crippen molar-refractivity contribution in [3.8, 4) is 0 Å². The van der Waals surface area contributed by atoms with Crippen LogP contribution in [0.25, 0.3) is 0 Å². The molecule has 0 aliphatic heterocycles. The summed E-state index contributed by atoms with van der Waals surface area (Å²) in [5.74, 6) is -0.239. The minimum Gasteiger partial charge on any atom is -0.370 e. The van der Waals surface area contributed by atoms with Gasteiger partial charge in [-0.2, -0.15) is 0 Å². The van der Waals surface area contributed by atoms with Gasteiger partial charge in [0.1, 0.15) is 0 Å². The molecule has 0 saturated carbocycles. The van der Waals surface area contributed by atoms with Crippen LogP contribution in [0, 0.1) is 0 Å². The number of hydrogen-bond acceptors (Lipinski definition) is 2. The molecule has 1 atom stereocenters. The van der Waals surface area contributed by atoms with Crippen molar-refractivity contribution >= 4 is 5.91 Å². The van der Waals surface area contributed by atoms with Crippen molar-refractivity contribution in [2.45, 2.75) is 31.7 Å². The molecule has 16 heavy (non-hydrogen) atoms. The highest BCUT2D eigenvalue weighted by atomic mass is 16.1. The maximum Gasteiger partial charge on any atom is 0.218 e. The molecule has 1 aromatic rings. The molecule has 2 rings (SSSR count). The van der Waals surface area contributed by atoms with E-state index in [1.54, 1.807) is 0 Å². The lowest BCUT2D eigenvalue weighted by atomic mass is 9.88. The van der Waals surface area contributed by atoms with Gasteiger partial charge in [-0.1, -0.05) is 24.3 Å². The number of fused-ring (bicyclic) bond motifs is 1. The van der Waals surface area contributed by atoms with Crippen molar-refractivity contribution in [3.63, 3.8) is 0 Å². The van der Waals surface area contributed by atoms with Gasteiger partial charge >= 0.3 is 0 Å². The molecule has 3 N–H and O–H groups in total. The summed E-state index contributed by atoms with van der Waals surface area (Å²) in [7, 11) is 0. The summed E-state index contributed by atoms with van der Waals surface area (Å²) in [6, 6.07) is 8.93. The van der Waals surface area contributed by atoms with E-state index in [-0.39, 0.29) is 5.91 Å². The van der Waals surface area contributed by atoms with E-state index < -0.39 is 0 Å². The molecule has 0 saturated heterocycles. The van der Waals surface area contributed by atoms with Gasteiger partial charge < -0.3 is 11.1 Å². The monoisotopic (exact) mass is 218 g/mol. The minimum atomic E-state index is -0.239. The molecule has 1 unspecified atom stereocenters. The van der Waals surface area contributed by atoms with Gasteiger partial charge in [0, 0.05) is 19.0 Å². The van der Waals surface area contributed by atoms with Gasteiger partial charge in [-0.05, 0) is 30.4 Å². The van der Waals surface area contributed by atoms with Crippen LogP contribution in [0.4, 0.5) is 0 Å². The lowest BCUT2D eigenvalue weighted by Crippen LogP contribution is -2.28. The van der Waals surface area contributed by atoms with Gasteiger partial charge in [0.05, 0.1) is 0 Å². The minimum absolute atomic E-state index is 0.239. The van der Waals surface area contributed by atoms with E-state index in [1.807, 2.05) is 0 Å². The fraction of sp³-hybridized carbons (Fsp3) is 0.462. The topological polar surface area (TPSA) is 55.1 Å². The van der Waals surface area contributed by atoms with E-state index in [9.17, 15) is 4.79 Å². The van der Waals surface area contributed by atoms with Crippen LogP contribution in [-0.4, -0.2) is 12.5 Å². The number of carbonyl (C=O) groups excluding carboxylic acids is 1. The molecule has 0 aromatic heterocycles. The largest absolute Gasteiger partial charge is 0.370 e. The Morgan fingerprint density at radius 3 is 3.06 bits per heavy atom. The first-order valence-electron chi connectivity index (χ1n) is 5.87. The molecular weight excluding hydrogens is 200 g/mol. The molecule has 3 heteroatoms. The molecule has 0 spiro atoms. The van der Waals surface area contributed by atoms with Crippen LogP contribution in [0.1, 0.15) is 36.4 Å². The molecule has 0 bridgehead atoms. The Balaban J connectivity index is 1.99. The Bertz CT molecular complexity index is 376. The molecule has 0 heterocycles. The lowest BCUT2D eigenvalue weighted by molar-refractivity contribution is -0.117. The number of hydrogen-bond donors (Lipinski definition) is 2. The van der Waals surface area contributed by atoms with Crippen molar-refractivity contribution in [3.05, 3.63) is 35.4 Å². The van der Waals surface area contributed by atoms with E-state index in [1.165, 1.54) is 24.0 Å². The third kappa shape index (κ3) is 2.61. The summed E-state index contributed by atoms with van der Waals surface area (Å²) in [5.41, 5.74) is 7.95. The highest BCUT2D eigenvalue weighted by molar-refractivity contribution is 5.73. The van der Waals surface area contributed by atoms with Gasteiger partial charge in [-0.25, -0.2) is 0 Å². The van der Waals surface area contributed by atoms with Crippen LogP contribution < -0.4 is 11.1 Å². The zero-order chi connectivity index (χ0) is 11.4. The van der Waals surface area contributed by atoms with Crippen LogP contribution in [0.3, 0.4) is 0 Å². The third-order valence-electron chi connectivity index (χ3n) is 3.13. The van der Waals surface area contributed by atoms with E-state index in [2.05, 4.69) is 29.6 Å². The van der Waals surface area contributed by atoms with Gasteiger partial charge in [-0.15, -0.1) is 0 Å². The standard InChI is InChI=1S/C13H18N2O/c14-13(16)8-9-15-12-7-3-5-10-4-1-2-6-11(10)12/h1-2,4,6,12,15H,3,5,7-9H2,(H2,14,16). The summed E-state index contributed by atoms with van der Waals surface area (Å²) in [6.45, 7) is 0.675. The van der Waals surface area contributed by atoms with Crippen molar-refractivity contribution < 1.29 is 4.79 Å². The van der Waals surface area contributed by atoms with Gasteiger partial charge in [0.25, 0.3) is 0 Å². The van der Waals surface area contributed by atoms with Crippen LogP contribution >= 0.6 is 0 Å². The van der Waals surface area contributed by atoms with Crippen molar-refractivity contribution in [2.75, 3.05) is 6.54 Å². The number of nitrogens with two attached hydrogens (primary N) is 1. The third-order valence-corrected chi connectivity index (χ3v) is 3.13. The number of amides is 1. The quantitative estimate of drug-likeness (QED) is 0.805. The maximum absolute atomic E-state index is 10.7. The van der Waals surface area contributed by atoms with Crippen molar-refractivity contribution in [1.82, 2.24) is 5.32 Å². The zero-order valence-electron chi connectivity index (χ0n) is 9.41. The number of primary amides is 1. The fourth-order valence-corrected chi connectivity index (χ4v) is 2.34. The number of aryl methyl sites for hydroxylation is 1. The van der Waals surface area contributed by atoms with Crippen LogP contribution in [0.15, 0.2) is 24.3 Å². The average Bonchev–Trinajstić information content (AvgIpc) is 2.29. The van der Waals surface area contributed by atoms with Crippen LogP contribution in [0.2, 0.25) is 0 Å². The summed E-state index contributed by atoms with van der Waals surface area (Å²) in [6.07, 6.45) is 3.95. The fourth-order valence-electron chi connectivity index (χ4n) is 2.34. The smallest absolute Gasteiger partial charge is 0.218 e. The molecule has 0 fully saturated rings. The van der Waals surface area contributed by atoms with Crippen molar-refractivity contribution in [2.24, 2.45) is 5.73 Å². The molecule has 0 radical (unpaired) electrons. The first-order chi connectivity index (χ1) is 7.77. The first-order valence-corrected chi connectivity index (χ1v) is 5.87. The van der Waals surface area contributed by atoms with Crippen LogP contribution in [-0.2, 0) is 11.2 Å². The lowest BCUT2D eigenvalue weighted by Gasteiger charge is -2.26. The number of nitrogens with one attached hydrogen (secondary N) is 1. The summed E-state index contributed by atoms with van der Waals surface area (Å²) >= 11 is 0. The summed E-state index contributed by atoms with van der Waals surface area (Å²) in [4.78, 5) is 10.7. The average molecular weight is 218 g/mol. The van der Waals surface area contributed by atoms with E-state index >= 15 is 0 Å². The normalized spacial score (nSPS) is 19.1. The Labute approximate surface area is 96.0 Å². The highest BCUT2D eigenvalue weighted by Crippen LogP contribution is 2.29. The number of carbonyl (C=O) groups is 1. The number of benzene rings is 1. The highest BCUT2D eigenvalue weighted by Gasteiger charge is 2.18. The SMILES string of the molecule is NC(=O)CCNC1CCCc2ccccc21. The molecule has 1 aliphatic rings. The Morgan fingerprint density at radius 2 is 2.25 bits per heavy atom. The second kappa shape index (κ2) is 5.12. The Hall–Kier alpha value is -1.35. The second-order valence-corrected chi connectivity index (χ2v) is 4.31. The molecule has 3 nitrogen and oxygen atoms in total. The molecular formula is C13H18N2O. The molecule has 1 aromatic carbocycles. The number of rotatable bonds is 4. The predicted molar refractivity (Wildman–Crippen MR) is 63.9 cm³/mol. The predicted octanol–water partition coefficient (Wildman–Crippen LogP) is 1.53. The van der Waals surface area contributed by atoms with Crippen molar-refractivity contribution in [1.29, 1.82) is 0 Å². The Morgan fingerprint density at radius 1 is 1.44 bits per heavy atom. The van der Waals surface area contributed by atoms with E-state index in [4.69, 9.17) is 5.73 Å². The summed E-state index contributed by atoms with van der Waals surface area (Å²) in [5, 5.41) is 3.41. The Kier molecular flexibility index (Phi) is 3.57. The first kappa shape index (κ1) is 11.1. The summed E-state index contributed by atoms with van der Waals surface area (Å²) < 4.78 is 0. The molecule has 1 aliphatic carbocycles. The molecule has 1 amide bonds. The van der Waals surface area contributed by atoms with E-state index in [0.717, 1.165) is 6.42 Å². The maximum atomic E-state index is 10.7. The van der Waals surface area contributed by atoms with Gasteiger partial charge in [0.15, 0.2) is 0 Å². The second-order valence-electron chi connectivity index (χ2n) is 4.31. The molecule has 86 valence electrons. The van der Waals surface area contributed by atoms with Crippen LogP contribution in [0.5, 0.6) is 0 Å². The van der Waals surface area contributed by atoms with Gasteiger partial charge in [0.2, 0.25) is 5.91 Å². The van der Waals surface area contributed by atoms with E-state index in [0.29, 0.717) is 19.0 Å². The van der Waals surface area contributed by atoms with Gasteiger partial charge in [-0.3, -0.25) is 4.79 Å². The zero-order valence-corrected chi connectivity index (χ0v) is 9.41.